The number of aryl methyl sites for hydroxylation is 1. The molecule has 18 heavy (non-hydrogen) atoms. The van der Waals surface area contributed by atoms with Crippen molar-refractivity contribution in [3.05, 3.63) is 23.4 Å². The molecule has 0 bridgehead atoms. The molecule has 1 atom stereocenters. The second kappa shape index (κ2) is 7.37. The van der Waals surface area contributed by atoms with Crippen LogP contribution in [0.25, 0.3) is 0 Å². The van der Waals surface area contributed by atoms with Crippen LogP contribution >= 0.6 is 0 Å². The van der Waals surface area contributed by atoms with Crippen LogP contribution in [0.1, 0.15) is 44.9 Å². The quantitative estimate of drug-likeness (QED) is 0.808. The second-order valence-corrected chi connectivity index (χ2v) is 5.17. The minimum Gasteiger partial charge on any atom is -0.359 e. The topological polar surface area (TPSA) is 42.1 Å². The lowest BCUT2D eigenvalue weighted by Gasteiger charge is -2.23. The van der Waals surface area contributed by atoms with Crippen LogP contribution in [0.2, 0.25) is 0 Å². The van der Waals surface area contributed by atoms with E-state index in [0.717, 1.165) is 30.9 Å². The van der Waals surface area contributed by atoms with Crippen molar-refractivity contribution in [3.8, 4) is 0 Å². The number of anilines is 1. The van der Waals surface area contributed by atoms with Crippen molar-refractivity contribution in [2.45, 2.75) is 46.6 Å². The van der Waals surface area contributed by atoms with Crippen LogP contribution < -0.4 is 10.6 Å². The monoisotopic (exact) mass is 249 g/mol. The number of nitrogens with two attached hydrogens (primary N) is 1. The summed E-state index contributed by atoms with van der Waals surface area (Å²) in [5.74, 6) is 1.75. The van der Waals surface area contributed by atoms with E-state index in [1.54, 1.807) is 0 Å². The highest BCUT2D eigenvalue weighted by Crippen LogP contribution is 2.17. The third-order valence-corrected chi connectivity index (χ3v) is 3.34. The first-order valence-corrected chi connectivity index (χ1v) is 7.01. The summed E-state index contributed by atoms with van der Waals surface area (Å²) in [7, 11) is 2.12. The van der Waals surface area contributed by atoms with Gasteiger partial charge in [-0.1, -0.05) is 33.6 Å². The highest BCUT2D eigenvalue weighted by atomic mass is 15.2. The highest BCUT2D eigenvalue weighted by Gasteiger charge is 2.09. The van der Waals surface area contributed by atoms with E-state index >= 15 is 0 Å². The molecule has 0 spiro atoms. The van der Waals surface area contributed by atoms with E-state index in [1.165, 1.54) is 12.0 Å². The lowest BCUT2D eigenvalue weighted by Crippen LogP contribution is -2.25. The number of aromatic nitrogens is 1. The van der Waals surface area contributed by atoms with E-state index in [1.807, 2.05) is 0 Å². The van der Waals surface area contributed by atoms with Crippen LogP contribution in [0.15, 0.2) is 12.1 Å². The molecule has 0 aliphatic heterocycles. The molecule has 1 heterocycles. The van der Waals surface area contributed by atoms with Crippen LogP contribution in [0.5, 0.6) is 0 Å². The van der Waals surface area contributed by atoms with Crippen LogP contribution in [-0.4, -0.2) is 18.6 Å². The summed E-state index contributed by atoms with van der Waals surface area (Å²) in [6, 6.07) is 4.24. The average molecular weight is 249 g/mol. The minimum absolute atomic E-state index is 0.587. The molecule has 0 radical (unpaired) electrons. The third-order valence-electron chi connectivity index (χ3n) is 3.34. The number of nitrogens with zero attached hydrogens (tertiary/aromatic N) is 2. The molecule has 1 aromatic rings. The maximum Gasteiger partial charge on any atom is 0.128 e. The van der Waals surface area contributed by atoms with Crippen LogP contribution in [0.4, 0.5) is 5.82 Å². The largest absolute Gasteiger partial charge is 0.359 e. The van der Waals surface area contributed by atoms with Gasteiger partial charge in [0.2, 0.25) is 0 Å². The van der Waals surface area contributed by atoms with E-state index < -0.39 is 0 Å². The Morgan fingerprint density at radius 3 is 2.61 bits per heavy atom. The van der Waals surface area contributed by atoms with Crippen LogP contribution in [0, 0.1) is 5.92 Å². The first-order valence-electron chi connectivity index (χ1n) is 7.01. The molecule has 0 aliphatic rings. The lowest BCUT2D eigenvalue weighted by atomic mass is 10.1. The van der Waals surface area contributed by atoms with Crippen molar-refractivity contribution in [3.63, 3.8) is 0 Å². The summed E-state index contributed by atoms with van der Waals surface area (Å²) in [4.78, 5) is 6.97. The van der Waals surface area contributed by atoms with Gasteiger partial charge >= 0.3 is 0 Å². The zero-order chi connectivity index (χ0) is 13.5. The van der Waals surface area contributed by atoms with Crippen molar-refractivity contribution < 1.29 is 0 Å². The van der Waals surface area contributed by atoms with E-state index in [-0.39, 0.29) is 0 Å². The van der Waals surface area contributed by atoms with E-state index in [9.17, 15) is 0 Å². The fourth-order valence-electron chi connectivity index (χ4n) is 2.02. The summed E-state index contributed by atoms with van der Waals surface area (Å²) >= 11 is 0. The third kappa shape index (κ3) is 4.30. The minimum atomic E-state index is 0.587. The summed E-state index contributed by atoms with van der Waals surface area (Å²) in [6.07, 6.45) is 3.34. The molecule has 0 saturated carbocycles. The predicted octanol–water partition coefficient (Wildman–Crippen LogP) is 2.98. The zero-order valence-corrected chi connectivity index (χ0v) is 12.2. The second-order valence-electron chi connectivity index (χ2n) is 5.17. The number of hydrogen-bond acceptors (Lipinski definition) is 3. The van der Waals surface area contributed by atoms with Gasteiger partial charge in [0.05, 0.1) is 0 Å². The fourth-order valence-corrected chi connectivity index (χ4v) is 2.02. The van der Waals surface area contributed by atoms with Crippen molar-refractivity contribution in [1.82, 2.24) is 4.98 Å². The van der Waals surface area contributed by atoms with Crippen LogP contribution in [-0.2, 0) is 13.0 Å². The molecule has 3 heteroatoms. The number of hydrogen-bond donors (Lipinski definition) is 1. The Morgan fingerprint density at radius 2 is 2.06 bits per heavy atom. The van der Waals surface area contributed by atoms with Gasteiger partial charge in [-0.2, -0.15) is 0 Å². The summed E-state index contributed by atoms with van der Waals surface area (Å²) in [5.41, 5.74) is 8.10. The Morgan fingerprint density at radius 1 is 1.33 bits per heavy atom. The standard InChI is InChI=1S/C15H27N3/c1-5-7-14-8-13(10-16)9-15(17-14)18(4)11-12(3)6-2/h8-9,12H,5-7,10-11,16H2,1-4H3. The molecule has 0 fully saturated rings. The molecule has 1 unspecified atom stereocenters. The smallest absolute Gasteiger partial charge is 0.128 e. The Hall–Kier alpha value is -1.09. The van der Waals surface area contributed by atoms with Crippen LogP contribution in [0.3, 0.4) is 0 Å². The van der Waals surface area contributed by atoms with E-state index in [2.05, 4.69) is 44.9 Å². The summed E-state index contributed by atoms with van der Waals surface area (Å²) in [5, 5.41) is 0. The molecule has 0 amide bonds. The first-order chi connectivity index (χ1) is 8.60. The molecule has 0 aromatic carbocycles. The number of rotatable bonds is 7. The molecular formula is C15H27N3. The molecule has 3 nitrogen and oxygen atoms in total. The van der Waals surface area contributed by atoms with Gasteiger partial charge in [0.15, 0.2) is 0 Å². The van der Waals surface area contributed by atoms with Gasteiger partial charge in [0.1, 0.15) is 5.82 Å². The fraction of sp³-hybridized carbons (Fsp3) is 0.667. The van der Waals surface area contributed by atoms with Crippen molar-refractivity contribution in [2.24, 2.45) is 11.7 Å². The van der Waals surface area contributed by atoms with Crippen molar-refractivity contribution in [1.29, 1.82) is 0 Å². The van der Waals surface area contributed by atoms with Gasteiger partial charge in [-0.3, -0.25) is 0 Å². The predicted molar refractivity (Wildman–Crippen MR) is 78.8 cm³/mol. The Bertz CT molecular complexity index is 363. The van der Waals surface area contributed by atoms with Gasteiger partial charge in [0, 0.05) is 25.8 Å². The van der Waals surface area contributed by atoms with Gasteiger partial charge in [-0.15, -0.1) is 0 Å². The normalized spacial score (nSPS) is 12.5. The van der Waals surface area contributed by atoms with Gasteiger partial charge in [-0.05, 0) is 30.0 Å². The number of pyridine rings is 1. The summed E-state index contributed by atoms with van der Waals surface area (Å²) in [6.45, 7) is 8.31. The maximum absolute atomic E-state index is 5.77. The van der Waals surface area contributed by atoms with E-state index in [0.29, 0.717) is 12.5 Å². The van der Waals surface area contributed by atoms with Gasteiger partial charge in [0.25, 0.3) is 0 Å². The molecule has 1 rings (SSSR count). The summed E-state index contributed by atoms with van der Waals surface area (Å²) < 4.78 is 0. The van der Waals surface area contributed by atoms with Gasteiger partial charge in [-0.25, -0.2) is 4.98 Å². The Labute approximate surface area is 111 Å². The van der Waals surface area contributed by atoms with Crippen molar-refractivity contribution in [2.75, 3.05) is 18.5 Å². The first kappa shape index (κ1) is 15.0. The Kier molecular flexibility index (Phi) is 6.13. The highest BCUT2D eigenvalue weighted by molar-refractivity contribution is 5.42. The molecule has 1 aromatic heterocycles. The molecule has 102 valence electrons. The van der Waals surface area contributed by atoms with Crippen molar-refractivity contribution >= 4 is 5.82 Å². The molecule has 2 N–H and O–H groups in total. The Balaban J connectivity index is 2.88. The van der Waals surface area contributed by atoms with Gasteiger partial charge < -0.3 is 10.6 Å². The average Bonchev–Trinajstić information content (AvgIpc) is 2.38. The zero-order valence-electron chi connectivity index (χ0n) is 12.2. The SMILES string of the molecule is CCCc1cc(CN)cc(N(C)CC(C)CC)n1. The molecule has 0 aliphatic carbocycles. The van der Waals surface area contributed by atoms with E-state index in [4.69, 9.17) is 10.7 Å². The molecule has 0 saturated heterocycles. The maximum atomic E-state index is 5.77. The molecular weight excluding hydrogens is 222 g/mol. The lowest BCUT2D eigenvalue weighted by molar-refractivity contribution is 0.557.